The molecule has 0 bridgehead atoms. The first kappa shape index (κ1) is 27.9. The molecule has 1 atom stereocenters. The molecule has 0 aliphatic rings. The zero-order valence-electron chi connectivity index (χ0n) is 19.7. The molecule has 0 aliphatic carbocycles. The number of amides is 2. The molecule has 0 fully saturated rings. The van der Waals surface area contributed by atoms with Gasteiger partial charge in [0, 0.05) is 42.8 Å². The van der Waals surface area contributed by atoms with Crippen molar-refractivity contribution in [3.05, 3.63) is 64.1 Å². The maximum Gasteiger partial charge on any atom is 0.304 e. The lowest BCUT2D eigenvalue weighted by atomic mass is 10.1. The van der Waals surface area contributed by atoms with Crippen molar-refractivity contribution in [2.75, 3.05) is 31.5 Å². The number of anilines is 1. The molecule has 2 rings (SSSR count). The van der Waals surface area contributed by atoms with Crippen LogP contribution in [0.5, 0.6) is 0 Å². The number of benzene rings is 2. The summed E-state index contributed by atoms with van der Waals surface area (Å²) in [5.74, 6) is -0.911. The molecule has 0 saturated heterocycles. The van der Waals surface area contributed by atoms with E-state index in [9.17, 15) is 18.0 Å². The van der Waals surface area contributed by atoms with Gasteiger partial charge in [0.15, 0.2) is 0 Å². The second-order valence-corrected chi connectivity index (χ2v) is 10.6. The van der Waals surface area contributed by atoms with E-state index in [2.05, 4.69) is 5.32 Å². The first-order valence-corrected chi connectivity index (χ1v) is 12.9. The standard InChI is InChI=1S/C23H30Cl2N4O4S/c1-5-21(23(31)26-6-2)28(15-18-19(24)13-10-14-20(18)25)22(30)16-29(34(32,33)27(3)4)17-11-8-7-9-12-17/h7-14,21H,5-6,15-16H2,1-4H3,(H,26,31)/t21-/m1/s1. The first-order valence-electron chi connectivity index (χ1n) is 10.8. The van der Waals surface area contributed by atoms with Gasteiger partial charge in [0.2, 0.25) is 11.8 Å². The third-order valence-electron chi connectivity index (χ3n) is 5.19. The minimum Gasteiger partial charge on any atom is -0.355 e. The highest BCUT2D eigenvalue weighted by Crippen LogP contribution is 2.28. The van der Waals surface area contributed by atoms with E-state index in [0.29, 0.717) is 34.3 Å². The van der Waals surface area contributed by atoms with Crippen LogP contribution in [0.4, 0.5) is 5.69 Å². The Morgan fingerprint density at radius 3 is 2.06 bits per heavy atom. The van der Waals surface area contributed by atoms with Crippen molar-refractivity contribution in [3.8, 4) is 0 Å². The number of carbonyl (C=O) groups is 2. The van der Waals surface area contributed by atoms with E-state index < -0.39 is 28.7 Å². The number of hydrogen-bond donors (Lipinski definition) is 1. The molecule has 1 N–H and O–H groups in total. The summed E-state index contributed by atoms with van der Waals surface area (Å²) in [7, 11) is -1.23. The van der Waals surface area contributed by atoms with Gasteiger partial charge in [-0.2, -0.15) is 12.7 Å². The van der Waals surface area contributed by atoms with Crippen LogP contribution in [0.2, 0.25) is 10.0 Å². The predicted molar refractivity (Wildman–Crippen MR) is 136 cm³/mol. The van der Waals surface area contributed by atoms with E-state index in [0.717, 1.165) is 8.61 Å². The predicted octanol–water partition coefficient (Wildman–Crippen LogP) is 3.55. The fraction of sp³-hybridized carbons (Fsp3) is 0.391. The SMILES string of the molecule is CCNC(=O)[C@@H](CC)N(Cc1c(Cl)cccc1Cl)C(=O)CN(c1ccccc1)S(=O)(=O)N(C)C. The first-order chi connectivity index (χ1) is 16.0. The molecule has 0 heterocycles. The van der Waals surface area contributed by atoms with E-state index in [1.807, 2.05) is 0 Å². The number of nitrogens with one attached hydrogen (secondary N) is 1. The summed E-state index contributed by atoms with van der Waals surface area (Å²) < 4.78 is 28.2. The molecule has 0 aromatic heterocycles. The molecular weight excluding hydrogens is 499 g/mol. The number of para-hydroxylation sites is 1. The van der Waals surface area contributed by atoms with Gasteiger partial charge in [-0.25, -0.2) is 4.31 Å². The Hall–Kier alpha value is -2.33. The monoisotopic (exact) mass is 528 g/mol. The van der Waals surface area contributed by atoms with Gasteiger partial charge in [0.25, 0.3) is 0 Å². The molecule has 0 spiro atoms. The van der Waals surface area contributed by atoms with E-state index >= 15 is 0 Å². The number of halogens is 2. The van der Waals surface area contributed by atoms with Crippen molar-refractivity contribution in [2.24, 2.45) is 0 Å². The highest BCUT2D eigenvalue weighted by Gasteiger charge is 2.34. The van der Waals surface area contributed by atoms with Crippen LogP contribution in [0, 0.1) is 0 Å². The zero-order chi connectivity index (χ0) is 25.5. The molecule has 0 unspecified atom stereocenters. The van der Waals surface area contributed by atoms with Crippen molar-refractivity contribution >= 4 is 50.9 Å². The average Bonchev–Trinajstić information content (AvgIpc) is 2.79. The molecule has 0 saturated carbocycles. The number of hydrogen-bond acceptors (Lipinski definition) is 4. The lowest BCUT2D eigenvalue weighted by molar-refractivity contribution is -0.140. The Labute approximate surface area is 211 Å². The molecule has 2 aromatic carbocycles. The third kappa shape index (κ3) is 6.63. The van der Waals surface area contributed by atoms with Crippen LogP contribution in [-0.4, -0.2) is 62.7 Å². The van der Waals surface area contributed by atoms with Crippen molar-refractivity contribution in [2.45, 2.75) is 32.9 Å². The molecule has 0 aliphatic heterocycles. The fourth-order valence-corrected chi connectivity index (χ4v) is 4.95. The maximum absolute atomic E-state index is 13.7. The van der Waals surface area contributed by atoms with E-state index in [-0.39, 0.29) is 12.5 Å². The van der Waals surface area contributed by atoms with Gasteiger partial charge in [0.05, 0.1) is 5.69 Å². The fourth-order valence-electron chi connectivity index (χ4n) is 3.38. The zero-order valence-corrected chi connectivity index (χ0v) is 22.0. The highest BCUT2D eigenvalue weighted by molar-refractivity contribution is 7.90. The quantitative estimate of drug-likeness (QED) is 0.482. The topological polar surface area (TPSA) is 90.0 Å². The molecule has 186 valence electrons. The summed E-state index contributed by atoms with van der Waals surface area (Å²) in [5, 5.41) is 3.43. The van der Waals surface area contributed by atoms with Crippen molar-refractivity contribution < 1.29 is 18.0 Å². The molecule has 2 amide bonds. The van der Waals surface area contributed by atoms with Crippen LogP contribution < -0.4 is 9.62 Å². The second kappa shape index (κ2) is 12.4. The lowest BCUT2D eigenvalue weighted by Crippen LogP contribution is -2.53. The Morgan fingerprint density at radius 2 is 1.56 bits per heavy atom. The Kier molecular flexibility index (Phi) is 10.2. The Morgan fingerprint density at radius 1 is 0.971 bits per heavy atom. The number of rotatable bonds is 11. The van der Waals surface area contributed by atoms with Crippen LogP contribution >= 0.6 is 23.2 Å². The molecule has 34 heavy (non-hydrogen) atoms. The number of nitrogens with zero attached hydrogens (tertiary/aromatic N) is 3. The molecule has 11 heteroatoms. The maximum atomic E-state index is 13.7. The average molecular weight is 529 g/mol. The summed E-state index contributed by atoms with van der Waals surface area (Å²) in [6, 6.07) is 12.4. The van der Waals surface area contributed by atoms with Gasteiger partial charge in [-0.15, -0.1) is 0 Å². The summed E-state index contributed by atoms with van der Waals surface area (Å²) in [6.45, 7) is 3.37. The molecule has 2 aromatic rings. The van der Waals surface area contributed by atoms with Crippen LogP contribution in [0.1, 0.15) is 25.8 Å². The second-order valence-electron chi connectivity index (χ2n) is 7.67. The number of likely N-dealkylation sites (N-methyl/N-ethyl adjacent to an activating group) is 1. The van der Waals surface area contributed by atoms with Crippen molar-refractivity contribution in [1.82, 2.24) is 14.5 Å². The molecular formula is C23H30Cl2N4O4S. The Bertz CT molecular complexity index is 1080. The summed E-state index contributed by atoms with van der Waals surface area (Å²) in [6.07, 6.45) is 0.311. The Balaban J connectivity index is 2.53. The minimum absolute atomic E-state index is 0.0579. The summed E-state index contributed by atoms with van der Waals surface area (Å²) >= 11 is 12.7. The molecule has 8 nitrogen and oxygen atoms in total. The number of carbonyl (C=O) groups excluding carboxylic acids is 2. The van der Waals surface area contributed by atoms with E-state index in [4.69, 9.17) is 23.2 Å². The van der Waals surface area contributed by atoms with Crippen LogP contribution in [0.3, 0.4) is 0 Å². The van der Waals surface area contributed by atoms with Crippen LogP contribution in [0.15, 0.2) is 48.5 Å². The molecule has 0 radical (unpaired) electrons. The largest absolute Gasteiger partial charge is 0.355 e. The van der Waals surface area contributed by atoms with Crippen LogP contribution in [0.25, 0.3) is 0 Å². The van der Waals surface area contributed by atoms with E-state index in [1.54, 1.807) is 62.4 Å². The third-order valence-corrected chi connectivity index (χ3v) is 7.72. The summed E-state index contributed by atoms with van der Waals surface area (Å²) in [5.41, 5.74) is 0.801. The smallest absolute Gasteiger partial charge is 0.304 e. The van der Waals surface area contributed by atoms with Gasteiger partial charge >= 0.3 is 10.2 Å². The van der Waals surface area contributed by atoms with Crippen molar-refractivity contribution in [1.29, 1.82) is 0 Å². The van der Waals surface area contributed by atoms with Gasteiger partial charge < -0.3 is 10.2 Å². The van der Waals surface area contributed by atoms with Gasteiger partial charge in [0.1, 0.15) is 12.6 Å². The highest BCUT2D eigenvalue weighted by atomic mass is 35.5. The van der Waals surface area contributed by atoms with Gasteiger partial charge in [-0.05, 0) is 37.6 Å². The van der Waals surface area contributed by atoms with E-state index in [1.165, 1.54) is 19.0 Å². The van der Waals surface area contributed by atoms with Gasteiger partial charge in [-0.3, -0.25) is 9.59 Å². The minimum atomic E-state index is -4.01. The lowest BCUT2D eigenvalue weighted by Gasteiger charge is -2.34. The summed E-state index contributed by atoms with van der Waals surface area (Å²) in [4.78, 5) is 27.8. The normalized spacial score (nSPS) is 12.3. The van der Waals surface area contributed by atoms with Gasteiger partial charge in [-0.1, -0.05) is 54.4 Å². The van der Waals surface area contributed by atoms with Crippen LogP contribution in [-0.2, 0) is 26.3 Å². The van der Waals surface area contributed by atoms with Crippen molar-refractivity contribution in [3.63, 3.8) is 0 Å².